The summed E-state index contributed by atoms with van der Waals surface area (Å²) in [5.74, 6) is 0.164. The molecule has 3 rings (SSSR count). The lowest BCUT2D eigenvalue weighted by atomic mass is 10.0. The van der Waals surface area contributed by atoms with Gasteiger partial charge in [-0.3, -0.25) is 4.79 Å². The standard InChI is InChI=1S/C16H18FN3O2/c1-10-18-15(20-22-10)14(12-8-4-5-9-13(12)17)19-16(21)11-6-2-3-7-11/h4-5,8-9,11,14H,2-3,6-7H2,1H3,(H,19,21). The monoisotopic (exact) mass is 303 g/mol. The molecule has 22 heavy (non-hydrogen) atoms. The molecule has 2 aromatic rings. The fourth-order valence-corrected chi connectivity index (χ4v) is 2.87. The van der Waals surface area contributed by atoms with Crippen molar-refractivity contribution < 1.29 is 13.7 Å². The van der Waals surface area contributed by atoms with Crippen LogP contribution >= 0.6 is 0 Å². The molecular formula is C16H18FN3O2. The van der Waals surface area contributed by atoms with Crippen molar-refractivity contribution in [3.05, 3.63) is 47.4 Å². The average molecular weight is 303 g/mol. The van der Waals surface area contributed by atoms with E-state index in [0.717, 1.165) is 25.7 Å². The van der Waals surface area contributed by atoms with Crippen molar-refractivity contribution in [3.63, 3.8) is 0 Å². The zero-order valence-corrected chi connectivity index (χ0v) is 12.4. The fourth-order valence-electron chi connectivity index (χ4n) is 2.87. The van der Waals surface area contributed by atoms with E-state index >= 15 is 0 Å². The molecule has 116 valence electrons. The Balaban J connectivity index is 1.89. The summed E-state index contributed by atoms with van der Waals surface area (Å²) in [5.41, 5.74) is 0.342. The number of halogens is 1. The summed E-state index contributed by atoms with van der Waals surface area (Å²) >= 11 is 0. The summed E-state index contributed by atoms with van der Waals surface area (Å²) in [7, 11) is 0. The molecule has 1 aliphatic carbocycles. The first-order valence-electron chi connectivity index (χ1n) is 7.50. The van der Waals surface area contributed by atoms with E-state index in [1.165, 1.54) is 6.07 Å². The number of aromatic nitrogens is 2. The van der Waals surface area contributed by atoms with Crippen molar-refractivity contribution in [3.8, 4) is 0 Å². The molecule has 0 saturated heterocycles. The molecule has 6 heteroatoms. The Morgan fingerprint density at radius 3 is 2.73 bits per heavy atom. The van der Waals surface area contributed by atoms with Gasteiger partial charge in [-0.25, -0.2) is 4.39 Å². The van der Waals surface area contributed by atoms with Gasteiger partial charge >= 0.3 is 0 Å². The smallest absolute Gasteiger partial charge is 0.223 e. The van der Waals surface area contributed by atoms with Gasteiger partial charge in [0.2, 0.25) is 11.8 Å². The predicted molar refractivity (Wildman–Crippen MR) is 77.4 cm³/mol. The van der Waals surface area contributed by atoms with Gasteiger partial charge < -0.3 is 9.84 Å². The summed E-state index contributed by atoms with van der Waals surface area (Å²) < 4.78 is 19.1. The predicted octanol–water partition coefficient (Wildman–Crippen LogP) is 2.91. The summed E-state index contributed by atoms with van der Waals surface area (Å²) in [4.78, 5) is 16.5. The van der Waals surface area contributed by atoms with E-state index in [4.69, 9.17) is 4.52 Å². The van der Waals surface area contributed by atoms with E-state index in [2.05, 4.69) is 15.5 Å². The molecule has 1 aromatic heterocycles. The zero-order chi connectivity index (χ0) is 15.5. The lowest BCUT2D eigenvalue weighted by molar-refractivity contribution is -0.125. The molecule has 5 nitrogen and oxygen atoms in total. The van der Waals surface area contributed by atoms with Crippen LogP contribution in [0, 0.1) is 18.7 Å². The SMILES string of the molecule is Cc1nc(C(NC(=O)C2CCCC2)c2ccccc2F)no1. The third-order valence-electron chi connectivity index (χ3n) is 4.03. The first kappa shape index (κ1) is 14.7. The molecule has 0 aliphatic heterocycles. The Labute approximate surface area is 127 Å². The quantitative estimate of drug-likeness (QED) is 0.943. The van der Waals surface area contributed by atoms with Crippen LogP contribution in [0.5, 0.6) is 0 Å². The van der Waals surface area contributed by atoms with Crippen LogP contribution in [0.2, 0.25) is 0 Å². The van der Waals surface area contributed by atoms with Gasteiger partial charge in [0.1, 0.15) is 11.9 Å². The van der Waals surface area contributed by atoms with Crippen molar-refractivity contribution in [1.29, 1.82) is 0 Å². The minimum atomic E-state index is -0.730. The largest absolute Gasteiger partial charge is 0.342 e. The maximum absolute atomic E-state index is 14.1. The Morgan fingerprint density at radius 2 is 2.09 bits per heavy atom. The van der Waals surface area contributed by atoms with Gasteiger partial charge in [-0.05, 0) is 18.9 Å². The molecular weight excluding hydrogens is 285 g/mol. The van der Waals surface area contributed by atoms with E-state index in [1.807, 2.05) is 0 Å². The zero-order valence-electron chi connectivity index (χ0n) is 12.4. The number of benzene rings is 1. The molecule has 1 heterocycles. The van der Waals surface area contributed by atoms with Crippen LogP contribution in [0.15, 0.2) is 28.8 Å². The summed E-state index contributed by atoms with van der Waals surface area (Å²) in [6.45, 7) is 1.66. The van der Waals surface area contributed by atoms with Crippen LogP contribution in [0.3, 0.4) is 0 Å². The highest BCUT2D eigenvalue weighted by molar-refractivity contribution is 5.79. The second kappa shape index (κ2) is 6.25. The minimum absolute atomic E-state index is 0.0118. The van der Waals surface area contributed by atoms with E-state index in [1.54, 1.807) is 25.1 Å². The fraction of sp³-hybridized carbons (Fsp3) is 0.438. The van der Waals surface area contributed by atoms with Crippen molar-refractivity contribution in [2.45, 2.75) is 38.6 Å². The number of carbonyl (C=O) groups excluding carboxylic acids is 1. The van der Waals surface area contributed by atoms with Crippen LogP contribution < -0.4 is 5.32 Å². The molecule has 1 atom stereocenters. The molecule has 1 aromatic carbocycles. The van der Waals surface area contributed by atoms with Gasteiger partial charge in [-0.2, -0.15) is 4.98 Å². The van der Waals surface area contributed by atoms with Gasteiger partial charge in [0, 0.05) is 18.4 Å². The van der Waals surface area contributed by atoms with E-state index < -0.39 is 11.9 Å². The van der Waals surface area contributed by atoms with E-state index in [0.29, 0.717) is 11.5 Å². The first-order valence-corrected chi connectivity index (χ1v) is 7.50. The van der Waals surface area contributed by atoms with Crippen LogP contribution in [0.25, 0.3) is 0 Å². The Morgan fingerprint density at radius 1 is 1.36 bits per heavy atom. The number of amides is 1. The first-order chi connectivity index (χ1) is 10.6. The normalized spacial score (nSPS) is 16.6. The number of nitrogens with one attached hydrogen (secondary N) is 1. The molecule has 0 radical (unpaired) electrons. The van der Waals surface area contributed by atoms with Crippen molar-refractivity contribution in [2.75, 3.05) is 0 Å². The number of carbonyl (C=O) groups is 1. The summed E-state index contributed by atoms with van der Waals surface area (Å²) in [6, 6.07) is 5.58. The maximum Gasteiger partial charge on any atom is 0.223 e. The average Bonchev–Trinajstić information content (AvgIpc) is 3.17. The highest BCUT2D eigenvalue weighted by Crippen LogP contribution is 2.28. The van der Waals surface area contributed by atoms with E-state index in [9.17, 15) is 9.18 Å². The Hall–Kier alpha value is -2.24. The van der Waals surface area contributed by atoms with Crippen LogP contribution in [0.1, 0.15) is 49.0 Å². The van der Waals surface area contributed by atoms with Crippen molar-refractivity contribution >= 4 is 5.91 Å². The third kappa shape index (κ3) is 3.00. The number of rotatable bonds is 4. The third-order valence-corrected chi connectivity index (χ3v) is 4.03. The number of nitrogens with zero attached hydrogens (tertiary/aromatic N) is 2. The second-order valence-corrected chi connectivity index (χ2v) is 5.62. The number of hydrogen-bond donors (Lipinski definition) is 1. The minimum Gasteiger partial charge on any atom is -0.342 e. The van der Waals surface area contributed by atoms with Crippen LogP contribution in [0.4, 0.5) is 4.39 Å². The van der Waals surface area contributed by atoms with Crippen LogP contribution in [-0.4, -0.2) is 16.0 Å². The molecule has 1 aliphatic rings. The molecule has 1 amide bonds. The molecule has 1 N–H and O–H groups in total. The molecule has 0 bridgehead atoms. The van der Waals surface area contributed by atoms with Crippen molar-refractivity contribution in [2.24, 2.45) is 5.92 Å². The van der Waals surface area contributed by atoms with E-state index in [-0.39, 0.29) is 17.6 Å². The maximum atomic E-state index is 14.1. The highest BCUT2D eigenvalue weighted by atomic mass is 19.1. The van der Waals surface area contributed by atoms with Gasteiger partial charge in [-0.1, -0.05) is 36.2 Å². The van der Waals surface area contributed by atoms with Crippen molar-refractivity contribution in [1.82, 2.24) is 15.5 Å². The molecule has 0 spiro atoms. The Kier molecular flexibility index (Phi) is 4.18. The van der Waals surface area contributed by atoms with Gasteiger partial charge in [0.05, 0.1) is 0 Å². The van der Waals surface area contributed by atoms with Gasteiger partial charge in [-0.15, -0.1) is 0 Å². The second-order valence-electron chi connectivity index (χ2n) is 5.62. The van der Waals surface area contributed by atoms with Gasteiger partial charge in [0.25, 0.3) is 0 Å². The lowest BCUT2D eigenvalue weighted by Crippen LogP contribution is -2.34. The lowest BCUT2D eigenvalue weighted by Gasteiger charge is -2.19. The topological polar surface area (TPSA) is 68.0 Å². The number of aryl methyl sites for hydroxylation is 1. The Bertz CT molecular complexity index is 665. The highest BCUT2D eigenvalue weighted by Gasteiger charge is 2.29. The van der Waals surface area contributed by atoms with Crippen LogP contribution in [-0.2, 0) is 4.79 Å². The summed E-state index contributed by atoms with van der Waals surface area (Å²) in [5, 5.41) is 6.73. The molecule has 1 saturated carbocycles. The number of hydrogen-bond acceptors (Lipinski definition) is 4. The summed E-state index contributed by atoms with van der Waals surface area (Å²) in [6.07, 6.45) is 3.87. The molecule has 1 unspecified atom stereocenters. The molecule has 1 fully saturated rings. The van der Waals surface area contributed by atoms with Gasteiger partial charge in [0.15, 0.2) is 5.82 Å².